The molecule has 0 heterocycles. The van der Waals surface area contributed by atoms with Crippen molar-refractivity contribution in [2.24, 2.45) is 0 Å². The number of nitrogens with zero attached hydrogens (tertiary/aromatic N) is 1. The summed E-state index contributed by atoms with van der Waals surface area (Å²) in [4.78, 5) is 28.0. The Morgan fingerprint density at radius 3 is 2.40 bits per heavy atom. The van der Waals surface area contributed by atoms with Crippen LogP contribution < -0.4 is 5.32 Å². The van der Waals surface area contributed by atoms with Gasteiger partial charge in [0.15, 0.2) is 0 Å². The van der Waals surface area contributed by atoms with E-state index in [0.717, 1.165) is 17.5 Å². The van der Waals surface area contributed by atoms with Crippen molar-refractivity contribution in [1.82, 2.24) is 10.2 Å². The van der Waals surface area contributed by atoms with Gasteiger partial charge in [-0.05, 0) is 49.9 Å². The van der Waals surface area contributed by atoms with Crippen LogP contribution in [0.15, 0.2) is 42.5 Å². The van der Waals surface area contributed by atoms with Crippen LogP contribution in [0.1, 0.15) is 50.3 Å². The van der Waals surface area contributed by atoms with Crippen LogP contribution in [0, 0.1) is 6.92 Å². The van der Waals surface area contributed by atoms with Gasteiger partial charge in [0, 0.05) is 22.6 Å². The maximum atomic E-state index is 13.4. The average Bonchev–Trinajstić information content (AvgIpc) is 2.69. The van der Waals surface area contributed by atoms with Gasteiger partial charge >= 0.3 is 0 Å². The molecule has 0 aliphatic rings. The van der Waals surface area contributed by atoms with Gasteiger partial charge in [-0.3, -0.25) is 9.59 Å². The van der Waals surface area contributed by atoms with Gasteiger partial charge in [-0.1, -0.05) is 72.9 Å². The summed E-state index contributed by atoms with van der Waals surface area (Å²) < 4.78 is 0. The maximum absolute atomic E-state index is 13.4. The Hall–Kier alpha value is -2.04. The number of rotatable bonds is 9. The van der Waals surface area contributed by atoms with E-state index in [1.54, 1.807) is 23.1 Å². The molecule has 1 N–H and O–H groups in total. The highest BCUT2D eigenvalue weighted by atomic mass is 35.5. The highest BCUT2D eigenvalue weighted by molar-refractivity contribution is 6.35. The number of hydrogen-bond acceptors (Lipinski definition) is 2. The van der Waals surface area contributed by atoms with Crippen LogP contribution >= 0.6 is 23.2 Å². The molecule has 0 fully saturated rings. The van der Waals surface area contributed by atoms with Crippen molar-refractivity contribution in [2.45, 2.75) is 65.6 Å². The average molecular weight is 449 g/mol. The van der Waals surface area contributed by atoms with Crippen molar-refractivity contribution >= 4 is 35.0 Å². The Kier molecular flexibility index (Phi) is 9.19. The summed E-state index contributed by atoms with van der Waals surface area (Å²) in [6.45, 7) is 8.27. The summed E-state index contributed by atoms with van der Waals surface area (Å²) >= 11 is 12.3. The number of benzene rings is 2. The second kappa shape index (κ2) is 11.4. The molecule has 30 heavy (non-hydrogen) atoms. The third-order valence-corrected chi connectivity index (χ3v) is 5.77. The van der Waals surface area contributed by atoms with Crippen LogP contribution in [-0.2, 0) is 22.6 Å². The lowest BCUT2D eigenvalue weighted by Crippen LogP contribution is -2.51. The predicted molar refractivity (Wildman–Crippen MR) is 124 cm³/mol. The van der Waals surface area contributed by atoms with Gasteiger partial charge in [-0.2, -0.15) is 0 Å². The van der Waals surface area contributed by atoms with Crippen LogP contribution in [0.5, 0.6) is 0 Å². The quantitative estimate of drug-likeness (QED) is 0.545. The number of carbonyl (C=O) groups is 2. The Morgan fingerprint density at radius 1 is 1.07 bits per heavy atom. The van der Waals surface area contributed by atoms with Crippen molar-refractivity contribution in [3.63, 3.8) is 0 Å². The molecule has 6 heteroatoms. The van der Waals surface area contributed by atoms with E-state index < -0.39 is 6.04 Å². The van der Waals surface area contributed by atoms with Crippen LogP contribution in [0.3, 0.4) is 0 Å². The summed E-state index contributed by atoms with van der Waals surface area (Å²) in [5.41, 5.74) is 2.79. The lowest BCUT2D eigenvalue weighted by atomic mass is 10.1. The molecule has 0 aliphatic heterocycles. The Labute approximate surface area is 189 Å². The van der Waals surface area contributed by atoms with Gasteiger partial charge < -0.3 is 10.2 Å². The molecule has 2 aromatic carbocycles. The Morgan fingerprint density at radius 2 is 1.80 bits per heavy atom. The van der Waals surface area contributed by atoms with Gasteiger partial charge in [0.05, 0.1) is 6.42 Å². The maximum Gasteiger partial charge on any atom is 0.243 e. The molecule has 2 rings (SSSR count). The number of halogens is 2. The summed E-state index contributed by atoms with van der Waals surface area (Å²) in [7, 11) is 0. The lowest BCUT2D eigenvalue weighted by molar-refractivity contribution is -0.141. The van der Waals surface area contributed by atoms with Gasteiger partial charge in [0.1, 0.15) is 6.04 Å². The topological polar surface area (TPSA) is 49.4 Å². The molecule has 2 atom stereocenters. The zero-order valence-corrected chi connectivity index (χ0v) is 19.6. The first-order valence-corrected chi connectivity index (χ1v) is 11.1. The summed E-state index contributed by atoms with van der Waals surface area (Å²) in [6.07, 6.45) is 1.46. The standard InChI is InChI=1S/C24H30Cl2N2O2/c1-5-17(4)27-24(30)22(6-2)28(15-18-9-7-8-16(3)12-18)23(29)13-19-10-11-20(25)14-21(19)26/h7-12,14,17,22H,5-6,13,15H2,1-4H3,(H,27,30)/t17-,22+/m0/s1. The predicted octanol–water partition coefficient (Wildman–Crippen LogP) is 5.57. The highest BCUT2D eigenvalue weighted by Crippen LogP contribution is 2.23. The van der Waals surface area contributed by atoms with Gasteiger partial charge in [-0.25, -0.2) is 0 Å². The first-order chi connectivity index (χ1) is 14.2. The van der Waals surface area contributed by atoms with E-state index >= 15 is 0 Å². The number of hydrogen-bond donors (Lipinski definition) is 1. The molecule has 0 saturated heterocycles. The second-order valence-electron chi connectivity index (χ2n) is 7.67. The molecular weight excluding hydrogens is 419 g/mol. The van der Waals surface area contributed by atoms with Crippen molar-refractivity contribution in [3.05, 3.63) is 69.2 Å². The van der Waals surface area contributed by atoms with Gasteiger partial charge in [-0.15, -0.1) is 0 Å². The summed E-state index contributed by atoms with van der Waals surface area (Å²) in [6, 6.07) is 12.6. The minimum atomic E-state index is -0.557. The van der Waals surface area contributed by atoms with Crippen molar-refractivity contribution in [3.8, 4) is 0 Å². The normalized spacial score (nSPS) is 12.9. The number of amides is 2. The van der Waals surface area contributed by atoms with Crippen LogP contribution in [-0.4, -0.2) is 28.8 Å². The van der Waals surface area contributed by atoms with Crippen LogP contribution in [0.4, 0.5) is 0 Å². The summed E-state index contributed by atoms with van der Waals surface area (Å²) in [5.74, 6) is -0.276. The third-order valence-electron chi connectivity index (χ3n) is 5.18. The third kappa shape index (κ3) is 6.75. The van der Waals surface area contributed by atoms with Crippen molar-refractivity contribution in [2.75, 3.05) is 0 Å². The largest absolute Gasteiger partial charge is 0.352 e. The molecule has 162 valence electrons. The van der Waals surface area contributed by atoms with Crippen molar-refractivity contribution in [1.29, 1.82) is 0 Å². The van der Waals surface area contributed by atoms with E-state index in [9.17, 15) is 9.59 Å². The number of nitrogens with one attached hydrogen (secondary N) is 1. The van der Waals surface area contributed by atoms with E-state index in [4.69, 9.17) is 23.2 Å². The molecule has 2 amide bonds. The van der Waals surface area contributed by atoms with Crippen LogP contribution in [0.2, 0.25) is 10.0 Å². The zero-order valence-electron chi connectivity index (χ0n) is 18.0. The van der Waals surface area contributed by atoms with E-state index in [2.05, 4.69) is 5.32 Å². The molecule has 0 unspecified atom stereocenters. The Bertz CT molecular complexity index is 885. The highest BCUT2D eigenvalue weighted by Gasteiger charge is 2.29. The van der Waals surface area contributed by atoms with Crippen molar-refractivity contribution < 1.29 is 9.59 Å². The molecule has 0 saturated carbocycles. The molecular formula is C24H30Cl2N2O2. The van der Waals surface area contributed by atoms with Gasteiger partial charge in [0.2, 0.25) is 11.8 Å². The monoisotopic (exact) mass is 448 g/mol. The smallest absolute Gasteiger partial charge is 0.243 e. The SMILES string of the molecule is CC[C@H](C(=O)N[C@@H](C)CC)N(Cc1cccc(C)c1)C(=O)Cc1ccc(Cl)cc1Cl. The molecule has 0 bridgehead atoms. The molecule has 0 aromatic heterocycles. The number of carbonyl (C=O) groups excluding carboxylic acids is 2. The molecule has 0 radical (unpaired) electrons. The molecule has 2 aromatic rings. The van der Waals surface area contributed by atoms with E-state index in [1.807, 2.05) is 52.0 Å². The minimum Gasteiger partial charge on any atom is -0.352 e. The summed E-state index contributed by atoms with van der Waals surface area (Å²) in [5, 5.41) is 3.99. The van der Waals surface area contributed by atoms with Crippen LogP contribution in [0.25, 0.3) is 0 Å². The van der Waals surface area contributed by atoms with E-state index in [-0.39, 0.29) is 24.3 Å². The first kappa shape index (κ1) is 24.2. The van der Waals surface area contributed by atoms with Gasteiger partial charge in [0.25, 0.3) is 0 Å². The fraction of sp³-hybridized carbons (Fsp3) is 0.417. The number of aryl methyl sites for hydroxylation is 1. The second-order valence-corrected chi connectivity index (χ2v) is 8.51. The molecule has 4 nitrogen and oxygen atoms in total. The molecule has 0 spiro atoms. The fourth-order valence-electron chi connectivity index (χ4n) is 3.30. The zero-order chi connectivity index (χ0) is 22.3. The molecule has 0 aliphatic carbocycles. The van der Waals surface area contributed by atoms with E-state index in [1.165, 1.54) is 0 Å². The lowest BCUT2D eigenvalue weighted by Gasteiger charge is -2.31. The minimum absolute atomic E-state index is 0.0492. The fourth-order valence-corrected chi connectivity index (χ4v) is 3.77. The van der Waals surface area contributed by atoms with E-state index in [0.29, 0.717) is 28.6 Å². The first-order valence-electron chi connectivity index (χ1n) is 10.3. The Balaban J connectivity index is 2.32.